The molecule has 4 heterocycles. The molecule has 0 spiro atoms. The molecule has 1 N–H and O–H groups in total. The molecule has 210 valence electrons. The highest BCUT2D eigenvalue weighted by molar-refractivity contribution is 6.39. The summed E-state index contributed by atoms with van der Waals surface area (Å²) in [5.41, 5.74) is 6.56. The Hall–Kier alpha value is -3.52. The molecule has 6 rings (SSSR count). The second kappa shape index (κ2) is 11.4. The summed E-state index contributed by atoms with van der Waals surface area (Å²) < 4.78 is 20.9. The Morgan fingerprint density at radius 2 is 1.88 bits per heavy atom. The van der Waals surface area contributed by atoms with Crippen LogP contribution in [0.3, 0.4) is 0 Å². The molecule has 2 aliphatic rings. The van der Waals surface area contributed by atoms with Crippen LogP contribution in [0.15, 0.2) is 54.7 Å². The average molecular weight is 592 g/mol. The van der Waals surface area contributed by atoms with Gasteiger partial charge in [0, 0.05) is 71.7 Å². The zero-order valence-corrected chi connectivity index (χ0v) is 24.3. The topological polar surface area (TPSA) is 67.4 Å². The minimum Gasteiger partial charge on any atom is -0.481 e. The van der Waals surface area contributed by atoms with Crippen molar-refractivity contribution in [2.45, 2.75) is 38.8 Å². The number of fused-ring (bicyclic) bond motifs is 1. The first-order valence-electron chi connectivity index (χ1n) is 13.6. The number of methoxy groups -OCH3 is 1. The smallest absolute Gasteiger partial charge is 0.220 e. The van der Waals surface area contributed by atoms with Gasteiger partial charge in [0.15, 0.2) is 0 Å². The molecule has 4 aromatic rings. The van der Waals surface area contributed by atoms with Gasteiger partial charge in [-0.1, -0.05) is 47.5 Å². The molecule has 0 bridgehead atoms. The molecular weight excluding hydrogens is 562 g/mol. The lowest BCUT2D eigenvalue weighted by Crippen LogP contribution is -2.41. The van der Waals surface area contributed by atoms with E-state index < -0.39 is 0 Å². The predicted octanol–water partition coefficient (Wildman–Crippen LogP) is 6.88. The molecular formula is C32H29Cl2FN4O2. The summed E-state index contributed by atoms with van der Waals surface area (Å²) in [5, 5.41) is 3.90. The van der Waals surface area contributed by atoms with Gasteiger partial charge < -0.3 is 10.1 Å². The largest absolute Gasteiger partial charge is 0.481 e. The lowest BCUT2D eigenvalue weighted by molar-refractivity contribution is -0.119. The number of pyridine rings is 2. The molecule has 0 radical (unpaired) electrons. The first kappa shape index (κ1) is 27.6. The SMILES string of the molecule is COc1nc(-c2cccc(-c3ccnc(-c4cc(F)c5c(c4)CCN(C[C@@H]4CCC(=O)N4)C5)c3Cl)c2Cl)ccc1C. The third-order valence-electron chi connectivity index (χ3n) is 7.90. The van der Waals surface area contributed by atoms with E-state index in [2.05, 4.69) is 20.2 Å². The maximum Gasteiger partial charge on any atom is 0.220 e. The third-order valence-corrected chi connectivity index (χ3v) is 8.69. The molecule has 1 fully saturated rings. The fourth-order valence-electron chi connectivity index (χ4n) is 5.75. The van der Waals surface area contributed by atoms with Gasteiger partial charge in [-0.15, -0.1) is 0 Å². The van der Waals surface area contributed by atoms with Gasteiger partial charge in [-0.25, -0.2) is 9.37 Å². The van der Waals surface area contributed by atoms with Crippen LogP contribution < -0.4 is 10.1 Å². The highest BCUT2D eigenvalue weighted by atomic mass is 35.5. The van der Waals surface area contributed by atoms with Crippen LogP contribution in [0.1, 0.15) is 29.5 Å². The molecule has 9 heteroatoms. The molecule has 2 aromatic heterocycles. The van der Waals surface area contributed by atoms with E-state index in [1.807, 2.05) is 49.4 Å². The van der Waals surface area contributed by atoms with Crippen molar-refractivity contribution in [1.82, 2.24) is 20.2 Å². The van der Waals surface area contributed by atoms with Crippen LogP contribution in [-0.4, -0.2) is 47.0 Å². The number of amides is 1. The third kappa shape index (κ3) is 5.42. The van der Waals surface area contributed by atoms with Crippen LogP contribution >= 0.6 is 23.2 Å². The number of nitrogens with one attached hydrogen (secondary N) is 1. The molecule has 1 amide bonds. The highest BCUT2D eigenvalue weighted by Crippen LogP contribution is 2.42. The van der Waals surface area contributed by atoms with E-state index in [9.17, 15) is 4.79 Å². The molecule has 1 saturated heterocycles. The Balaban J connectivity index is 1.31. The molecule has 0 saturated carbocycles. The summed E-state index contributed by atoms with van der Waals surface area (Å²) in [6.07, 6.45) is 3.76. The second-order valence-corrected chi connectivity index (χ2v) is 11.4. The number of aryl methyl sites for hydroxylation is 1. The van der Waals surface area contributed by atoms with Gasteiger partial charge >= 0.3 is 0 Å². The van der Waals surface area contributed by atoms with Crippen molar-refractivity contribution < 1.29 is 13.9 Å². The van der Waals surface area contributed by atoms with Crippen molar-refractivity contribution >= 4 is 29.1 Å². The van der Waals surface area contributed by atoms with Gasteiger partial charge in [0.1, 0.15) is 5.82 Å². The number of ether oxygens (including phenoxy) is 1. The van der Waals surface area contributed by atoms with E-state index in [0.717, 1.165) is 41.8 Å². The van der Waals surface area contributed by atoms with Crippen LogP contribution in [0.5, 0.6) is 5.88 Å². The van der Waals surface area contributed by atoms with Gasteiger partial charge in [-0.3, -0.25) is 14.7 Å². The number of benzene rings is 2. The lowest BCUT2D eigenvalue weighted by atomic mass is 9.94. The molecule has 41 heavy (non-hydrogen) atoms. The van der Waals surface area contributed by atoms with E-state index in [4.69, 9.17) is 27.9 Å². The minimum atomic E-state index is -0.277. The number of nitrogens with zero attached hydrogens (tertiary/aromatic N) is 3. The monoisotopic (exact) mass is 590 g/mol. The van der Waals surface area contributed by atoms with Crippen LogP contribution in [0.2, 0.25) is 10.0 Å². The Morgan fingerprint density at radius 1 is 1.07 bits per heavy atom. The van der Waals surface area contributed by atoms with E-state index in [1.165, 1.54) is 6.07 Å². The fourth-order valence-corrected chi connectivity index (χ4v) is 6.40. The Kier molecular flexibility index (Phi) is 7.68. The summed E-state index contributed by atoms with van der Waals surface area (Å²) in [7, 11) is 1.59. The molecule has 0 unspecified atom stereocenters. The van der Waals surface area contributed by atoms with E-state index in [1.54, 1.807) is 13.3 Å². The number of hydrogen-bond donors (Lipinski definition) is 1. The van der Waals surface area contributed by atoms with E-state index in [-0.39, 0.29) is 17.8 Å². The fraction of sp³-hybridized carbons (Fsp3) is 0.281. The first-order valence-corrected chi connectivity index (χ1v) is 14.4. The number of halogens is 3. The van der Waals surface area contributed by atoms with Gasteiger partial charge in [0.2, 0.25) is 11.8 Å². The zero-order valence-electron chi connectivity index (χ0n) is 22.8. The molecule has 1 atom stereocenters. The van der Waals surface area contributed by atoms with Crippen LogP contribution in [0.25, 0.3) is 33.6 Å². The number of aromatic nitrogens is 2. The van der Waals surface area contributed by atoms with Gasteiger partial charge in [-0.2, -0.15) is 0 Å². The number of carbonyl (C=O) groups excluding carboxylic acids is 1. The van der Waals surface area contributed by atoms with Crippen molar-refractivity contribution in [3.05, 3.63) is 87.3 Å². The normalized spacial score (nSPS) is 16.9. The summed E-state index contributed by atoms with van der Waals surface area (Å²) >= 11 is 13.9. The summed E-state index contributed by atoms with van der Waals surface area (Å²) in [4.78, 5) is 22.9. The van der Waals surface area contributed by atoms with E-state index in [0.29, 0.717) is 63.4 Å². The number of carbonyl (C=O) groups is 1. The van der Waals surface area contributed by atoms with Crippen molar-refractivity contribution in [3.63, 3.8) is 0 Å². The standard InChI is InChI=1S/C32H29Cl2FN4O2/c1-18-6-8-27(38-32(18)41-2)24-5-3-4-22(29(24)33)23-10-12-36-31(30(23)34)20-14-19-11-13-39(17-25(19)26(35)15-20)16-21-7-9-28(40)37-21/h3-6,8,10,12,14-15,21H,7,9,11,13,16-17H2,1-2H3,(H,37,40)/t21-/m0/s1. The highest BCUT2D eigenvalue weighted by Gasteiger charge is 2.27. The number of hydrogen-bond acceptors (Lipinski definition) is 5. The van der Waals surface area contributed by atoms with Gasteiger partial charge in [-0.05, 0) is 49.6 Å². The maximum atomic E-state index is 15.5. The lowest BCUT2D eigenvalue weighted by Gasteiger charge is -2.31. The summed E-state index contributed by atoms with van der Waals surface area (Å²) in [6, 6.07) is 15.0. The Morgan fingerprint density at radius 3 is 2.66 bits per heavy atom. The van der Waals surface area contributed by atoms with Gasteiger partial charge in [0.25, 0.3) is 0 Å². The maximum absolute atomic E-state index is 15.5. The first-order chi connectivity index (χ1) is 19.8. The van der Waals surface area contributed by atoms with Crippen LogP contribution in [0.4, 0.5) is 4.39 Å². The molecule has 2 aliphatic heterocycles. The zero-order chi connectivity index (χ0) is 28.7. The van der Waals surface area contributed by atoms with Crippen molar-refractivity contribution in [2.75, 3.05) is 20.2 Å². The van der Waals surface area contributed by atoms with Gasteiger partial charge in [0.05, 0.1) is 28.5 Å². The predicted molar refractivity (Wildman–Crippen MR) is 160 cm³/mol. The number of rotatable bonds is 6. The Labute approximate surface area is 248 Å². The Bertz CT molecular complexity index is 1660. The van der Waals surface area contributed by atoms with E-state index >= 15 is 4.39 Å². The average Bonchev–Trinajstić information content (AvgIpc) is 3.38. The van der Waals surface area contributed by atoms with Crippen LogP contribution in [0, 0.1) is 12.7 Å². The van der Waals surface area contributed by atoms with Crippen molar-refractivity contribution in [3.8, 4) is 39.5 Å². The van der Waals surface area contributed by atoms with Crippen molar-refractivity contribution in [2.24, 2.45) is 0 Å². The van der Waals surface area contributed by atoms with Crippen LogP contribution in [-0.2, 0) is 17.8 Å². The molecule has 2 aromatic carbocycles. The van der Waals surface area contributed by atoms with Crippen molar-refractivity contribution in [1.29, 1.82) is 0 Å². The quantitative estimate of drug-likeness (QED) is 0.265. The second-order valence-electron chi connectivity index (χ2n) is 10.6. The summed E-state index contributed by atoms with van der Waals surface area (Å²) in [6.45, 7) is 3.97. The minimum absolute atomic E-state index is 0.0925. The summed E-state index contributed by atoms with van der Waals surface area (Å²) in [5.74, 6) is 0.353. The molecule has 6 nitrogen and oxygen atoms in total. The molecule has 0 aliphatic carbocycles.